The highest BCUT2D eigenvalue weighted by Gasteiger charge is 2.44. The Hall–Kier alpha value is -2.74. The van der Waals surface area contributed by atoms with Crippen LogP contribution in [0.3, 0.4) is 0 Å². The van der Waals surface area contributed by atoms with E-state index in [0.717, 1.165) is 11.1 Å². The Bertz CT molecular complexity index is 1140. The van der Waals surface area contributed by atoms with Gasteiger partial charge in [-0.3, -0.25) is 14.6 Å². The van der Waals surface area contributed by atoms with Gasteiger partial charge >= 0.3 is 0 Å². The minimum absolute atomic E-state index is 0.0989. The third kappa shape index (κ3) is 3.64. The zero-order chi connectivity index (χ0) is 20.6. The fourth-order valence-electron chi connectivity index (χ4n) is 3.99. The number of hydrogen-bond donors (Lipinski definition) is 1. The Kier molecular flexibility index (Phi) is 5.12. The van der Waals surface area contributed by atoms with Crippen molar-refractivity contribution in [2.75, 3.05) is 19.0 Å². The molecular weight excluding hydrogens is 386 g/mol. The lowest BCUT2D eigenvalue weighted by molar-refractivity contribution is -0.117. The largest absolute Gasteiger partial charge is 0.294 e. The maximum absolute atomic E-state index is 13.3. The van der Waals surface area contributed by atoms with Gasteiger partial charge in [0, 0.05) is 17.5 Å². The highest BCUT2D eigenvalue weighted by molar-refractivity contribution is 7.89. The summed E-state index contributed by atoms with van der Waals surface area (Å²) in [4.78, 5) is 16.6. The lowest BCUT2D eigenvalue weighted by Gasteiger charge is -2.33. The molecule has 1 fully saturated rings. The monoisotopic (exact) mass is 409 g/mol. The van der Waals surface area contributed by atoms with Crippen LogP contribution in [0.2, 0.25) is 0 Å². The Balaban J connectivity index is 1.70. The van der Waals surface area contributed by atoms with E-state index in [1.807, 2.05) is 73.6 Å². The third-order valence-corrected chi connectivity index (χ3v) is 6.74. The van der Waals surface area contributed by atoms with Crippen molar-refractivity contribution in [2.24, 2.45) is 0 Å². The molecule has 0 aliphatic carbocycles. The lowest BCUT2D eigenvalue weighted by atomic mass is 10.1. The second-order valence-electron chi connectivity index (χ2n) is 7.39. The minimum Gasteiger partial charge on any atom is -0.294 e. The molecule has 0 saturated carbocycles. The molecule has 0 spiro atoms. The molecule has 3 aromatic rings. The Morgan fingerprint density at radius 2 is 1.59 bits per heavy atom. The standard InChI is InChI=1S/C22H23N3O3S/c1-24(2)22-19(15-21(26)25(22)17-11-4-3-5-12-17)23-29(27,28)20-14-8-10-16-9-6-7-13-18(16)20/h3-14,19,22-23H,15H2,1-2H3. The number of benzene rings is 3. The summed E-state index contributed by atoms with van der Waals surface area (Å²) in [5, 5.41) is 1.51. The molecular formula is C22H23N3O3S. The summed E-state index contributed by atoms with van der Waals surface area (Å²) in [7, 11) is -0.130. The van der Waals surface area contributed by atoms with Gasteiger partial charge in [-0.2, -0.15) is 0 Å². The van der Waals surface area contributed by atoms with Crippen molar-refractivity contribution >= 4 is 32.4 Å². The van der Waals surface area contributed by atoms with Gasteiger partial charge in [0.05, 0.1) is 10.9 Å². The molecule has 150 valence electrons. The Labute approximate surface area is 170 Å². The summed E-state index contributed by atoms with van der Waals surface area (Å²) in [6, 6.07) is 21.3. The van der Waals surface area contributed by atoms with E-state index < -0.39 is 22.2 Å². The molecule has 1 aliphatic rings. The molecule has 1 N–H and O–H groups in total. The summed E-state index contributed by atoms with van der Waals surface area (Å²) >= 11 is 0. The number of sulfonamides is 1. The van der Waals surface area contributed by atoms with Crippen molar-refractivity contribution in [3.63, 3.8) is 0 Å². The van der Waals surface area contributed by atoms with Gasteiger partial charge in [-0.1, -0.05) is 54.6 Å². The molecule has 0 radical (unpaired) electrons. The first-order valence-electron chi connectivity index (χ1n) is 9.42. The molecule has 2 unspecified atom stereocenters. The Morgan fingerprint density at radius 1 is 0.931 bits per heavy atom. The van der Waals surface area contributed by atoms with E-state index in [9.17, 15) is 13.2 Å². The molecule has 7 heteroatoms. The molecule has 29 heavy (non-hydrogen) atoms. The predicted molar refractivity (Wildman–Crippen MR) is 114 cm³/mol. The van der Waals surface area contributed by atoms with Crippen LogP contribution in [0.15, 0.2) is 77.7 Å². The van der Waals surface area contributed by atoms with E-state index in [1.165, 1.54) is 0 Å². The second kappa shape index (κ2) is 7.59. The summed E-state index contributed by atoms with van der Waals surface area (Å²) in [6.45, 7) is 0. The number of likely N-dealkylation sites (N-methyl/N-ethyl adjacent to an activating group) is 1. The molecule has 3 aromatic carbocycles. The van der Waals surface area contributed by atoms with Crippen LogP contribution in [0.5, 0.6) is 0 Å². The van der Waals surface area contributed by atoms with E-state index in [2.05, 4.69) is 4.72 Å². The van der Waals surface area contributed by atoms with Crippen molar-refractivity contribution in [2.45, 2.75) is 23.5 Å². The number of anilines is 1. The first kappa shape index (κ1) is 19.6. The number of fused-ring (bicyclic) bond motifs is 1. The van der Waals surface area contributed by atoms with Gasteiger partial charge in [0.15, 0.2) is 0 Å². The number of hydrogen-bond acceptors (Lipinski definition) is 4. The molecule has 1 amide bonds. The SMILES string of the molecule is CN(C)C1C(NS(=O)(=O)c2cccc3ccccc23)CC(=O)N1c1ccccc1. The number of nitrogens with one attached hydrogen (secondary N) is 1. The normalized spacial score (nSPS) is 20.0. The van der Waals surface area contributed by atoms with E-state index >= 15 is 0 Å². The molecule has 0 bridgehead atoms. The van der Waals surface area contributed by atoms with Crippen molar-refractivity contribution in [1.29, 1.82) is 0 Å². The zero-order valence-corrected chi connectivity index (χ0v) is 17.1. The lowest BCUT2D eigenvalue weighted by Crippen LogP contribution is -2.52. The van der Waals surface area contributed by atoms with Crippen molar-refractivity contribution in [3.8, 4) is 0 Å². The molecule has 0 aromatic heterocycles. The summed E-state index contributed by atoms with van der Waals surface area (Å²) in [6.07, 6.45) is -0.323. The average Bonchev–Trinajstić information content (AvgIpc) is 3.03. The number of amides is 1. The molecule has 4 rings (SSSR count). The second-order valence-corrected chi connectivity index (χ2v) is 9.07. The first-order chi connectivity index (χ1) is 13.9. The first-order valence-corrected chi connectivity index (χ1v) is 10.9. The molecule has 1 saturated heterocycles. The van der Waals surface area contributed by atoms with Crippen LogP contribution < -0.4 is 9.62 Å². The molecule has 2 atom stereocenters. The number of nitrogens with zero attached hydrogens (tertiary/aromatic N) is 2. The van der Waals surface area contributed by atoms with Crippen LogP contribution in [0.1, 0.15) is 6.42 Å². The van der Waals surface area contributed by atoms with Crippen LogP contribution in [0.25, 0.3) is 10.8 Å². The van der Waals surface area contributed by atoms with E-state index in [4.69, 9.17) is 0 Å². The van der Waals surface area contributed by atoms with E-state index in [-0.39, 0.29) is 17.2 Å². The number of carbonyl (C=O) groups is 1. The maximum Gasteiger partial charge on any atom is 0.241 e. The van der Waals surface area contributed by atoms with Crippen molar-refractivity contribution < 1.29 is 13.2 Å². The van der Waals surface area contributed by atoms with E-state index in [0.29, 0.717) is 5.39 Å². The van der Waals surface area contributed by atoms with Gasteiger partial charge in [-0.15, -0.1) is 0 Å². The molecule has 1 heterocycles. The highest BCUT2D eigenvalue weighted by atomic mass is 32.2. The van der Waals surface area contributed by atoms with Crippen LogP contribution >= 0.6 is 0 Å². The third-order valence-electron chi connectivity index (χ3n) is 5.20. The number of rotatable bonds is 5. The fourth-order valence-corrected chi connectivity index (χ4v) is 5.45. The van der Waals surface area contributed by atoms with Gasteiger partial charge in [0.1, 0.15) is 6.17 Å². The zero-order valence-electron chi connectivity index (χ0n) is 16.3. The number of carbonyl (C=O) groups excluding carboxylic acids is 1. The Morgan fingerprint density at radius 3 is 2.31 bits per heavy atom. The summed E-state index contributed by atoms with van der Waals surface area (Å²) < 4.78 is 29.3. The minimum atomic E-state index is -3.82. The van der Waals surface area contributed by atoms with E-state index in [1.54, 1.807) is 23.1 Å². The fraction of sp³-hybridized carbons (Fsp3) is 0.227. The van der Waals surface area contributed by atoms with Gasteiger partial charge in [0.25, 0.3) is 0 Å². The van der Waals surface area contributed by atoms with Crippen LogP contribution in [0, 0.1) is 0 Å². The van der Waals surface area contributed by atoms with Gasteiger partial charge in [-0.05, 0) is 37.7 Å². The summed E-state index contributed by atoms with van der Waals surface area (Å²) in [5.74, 6) is -0.111. The number of para-hydroxylation sites is 1. The summed E-state index contributed by atoms with van der Waals surface area (Å²) in [5.41, 5.74) is 0.753. The van der Waals surface area contributed by atoms with Crippen molar-refractivity contribution in [1.82, 2.24) is 9.62 Å². The van der Waals surface area contributed by atoms with Gasteiger partial charge in [-0.25, -0.2) is 13.1 Å². The van der Waals surface area contributed by atoms with Gasteiger partial charge < -0.3 is 0 Å². The van der Waals surface area contributed by atoms with Crippen LogP contribution in [0.4, 0.5) is 5.69 Å². The topological polar surface area (TPSA) is 69.7 Å². The van der Waals surface area contributed by atoms with Crippen molar-refractivity contribution in [3.05, 3.63) is 72.8 Å². The van der Waals surface area contributed by atoms with Crippen LogP contribution in [-0.4, -0.2) is 45.5 Å². The smallest absolute Gasteiger partial charge is 0.241 e. The maximum atomic E-state index is 13.3. The van der Waals surface area contributed by atoms with Gasteiger partial charge in [0.2, 0.25) is 15.9 Å². The van der Waals surface area contributed by atoms with Crippen LogP contribution in [-0.2, 0) is 14.8 Å². The molecule has 1 aliphatic heterocycles. The highest BCUT2D eigenvalue weighted by Crippen LogP contribution is 2.30. The molecule has 6 nitrogen and oxygen atoms in total. The quantitative estimate of drug-likeness (QED) is 0.704. The predicted octanol–water partition coefficient (Wildman–Crippen LogP) is 2.81. The average molecular weight is 410 g/mol.